The van der Waals surface area contributed by atoms with Crippen molar-refractivity contribution in [3.05, 3.63) is 0 Å². The lowest BCUT2D eigenvalue weighted by molar-refractivity contribution is 0.117. The minimum absolute atomic E-state index is 0.727. The molecule has 2 nitrogen and oxygen atoms in total. The van der Waals surface area contributed by atoms with E-state index in [0.29, 0.717) is 0 Å². The van der Waals surface area contributed by atoms with E-state index in [1.54, 1.807) is 0 Å². The average Bonchev–Trinajstić information content (AvgIpc) is 2.32. The number of hydrogen-bond acceptors (Lipinski definition) is 2. The molecule has 3 atom stereocenters. The quantitative estimate of drug-likeness (QED) is 0.735. The highest BCUT2D eigenvalue weighted by atomic mass is 15.2. The molecule has 0 bridgehead atoms. The minimum Gasteiger partial charge on any atom is -0.313 e. The van der Waals surface area contributed by atoms with Gasteiger partial charge in [-0.05, 0) is 51.7 Å². The summed E-state index contributed by atoms with van der Waals surface area (Å²) < 4.78 is 0. The van der Waals surface area contributed by atoms with Crippen LogP contribution in [0.2, 0.25) is 0 Å². The maximum absolute atomic E-state index is 3.69. The molecule has 1 rings (SSSR count). The summed E-state index contributed by atoms with van der Waals surface area (Å²) in [6.45, 7) is 9.19. The molecule has 1 fully saturated rings. The molecule has 0 amide bonds. The summed E-state index contributed by atoms with van der Waals surface area (Å²) in [4.78, 5) is 2.59. The van der Waals surface area contributed by atoms with E-state index in [1.807, 2.05) is 0 Å². The standard InChI is InChI=1S/C15H32N2/c1-5-8-13-9-10-14(16-7-3)15(12-13)17(4)11-6-2/h13-16H,5-12H2,1-4H3. The van der Waals surface area contributed by atoms with Crippen LogP contribution in [0.5, 0.6) is 0 Å². The molecule has 0 spiro atoms. The average molecular weight is 240 g/mol. The predicted molar refractivity (Wildman–Crippen MR) is 76.4 cm³/mol. The first-order valence-corrected chi connectivity index (χ1v) is 7.66. The molecule has 0 aromatic rings. The fourth-order valence-corrected chi connectivity index (χ4v) is 3.41. The van der Waals surface area contributed by atoms with Gasteiger partial charge in [0.25, 0.3) is 0 Å². The Bertz CT molecular complexity index is 193. The molecule has 3 unspecified atom stereocenters. The summed E-state index contributed by atoms with van der Waals surface area (Å²) in [6.07, 6.45) is 8.25. The summed E-state index contributed by atoms with van der Waals surface area (Å²) in [5.41, 5.74) is 0. The van der Waals surface area contributed by atoms with Crippen molar-refractivity contribution in [3.63, 3.8) is 0 Å². The highest BCUT2D eigenvalue weighted by molar-refractivity contribution is 4.90. The van der Waals surface area contributed by atoms with Crippen LogP contribution in [-0.2, 0) is 0 Å². The van der Waals surface area contributed by atoms with E-state index < -0.39 is 0 Å². The molecule has 1 N–H and O–H groups in total. The largest absolute Gasteiger partial charge is 0.313 e. The molecule has 0 saturated heterocycles. The Morgan fingerprint density at radius 3 is 2.47 bits per heavy atom. The highest BCUT2D eigenvalue weighted by Crippen LogP contribution is 2.30. The van der Waals surface area contributed by atoms with Crippen LogP contribution in [0.4, 0.5) is 0 Å². The molecule has 0 aromatic carbocycles. The van der Waals surface area contributed by atoms with Gasteiger partial charge in [0, 0.05) is 12.1 Å². The number of rotatable bonds is 7. The smallest absolute Gasteiger partial charge is 0.0248 e. The van der Waals surface area contributed by atoms with Gasteiger partial charge in [-0.15, -0.1) is 0 Å². The highest BCUT2D eigenvalue weighted by Gasteiger charge is 2.31. The third-order valence-electron chi connectivity index (χ3n) is 4.23. The Balaban J connectivity index is 2.55. The van der Waals surface area contributed by atoms with Gasteiger partial charge in [-0.1, -0.05) is 33.6 Å². The zero-order valence-electron chi connectivity index (χ0n) is 12.3. The number of nitrogens with one attached hydrogen (secondary N) is 1. The summed E-state index contributed by atoms with van der Waals surface area (Å²) in [6, 6.07) is 1.49. The van der Waals surface area contributed by atoms with Gasteiger partial charge in [0.15, 0.2) is 0 Å². The second kappa shape index (κ2) is 8.10. The van der Waals surface area contributed by atoms with Gasteiger partial charge in [0.2, 0.25) is 0 Å². The lowest BCUT2D eigenvalue weighted by Crippen LogP contribution is -2.52. The Labute approximate surface area is 108 Å². The van der Waals surface area contributed by atoms with Crippen molar-refractivity contribution in [1.29, 1.82) is 0 Å². The molecule has 1 saturated carbocycles. The van der Waals surface area contributed by atoms with Crippen molar-refractivity contribution in [2.45, 2.75) is 71.4 Å². The predicted octanol–water partition coefficient (Wildman–Crippen LogP) is 3.28. The van der Waals surface area contributed by atoms with Crippen molar-refractivity contribution in [3.8, 4) is 0 Å². The van der Waals surface area contributed by atoms with Crippen molar-refractivity contribution in [1.82, 2.24) is 10.2 Å². The van der Waals surface area contributed by atoms with Crippen LogP contribution < -0.4 is 5.32 Å². The summed E-state index contributed by atoms with van der Waals surface area (Å²) in [7, 11) is 2.31. The summed E-state index contributed by atoms with van der Waals surface area (Å²) in [5, 5.41) is 3.69. The van der Waals surface area contributed by atoms with E-state index in [4.69, 9.17) is 0 Å². The van der Waals surface area contributed by atoms with Gasteiger partial charge < -0.3 is 10.2 Å². The van der Waals surface area contributed by atoms with Gasteiger partial charge in [0.1, 0.15) is 0 Å². The third-order valence-corrected chi connectivity index (χ3v) is 4.23. The van der Waals surface area contributed by atoms with Crippen LogP contribution in [0.3, 0.4) is 0 Å². The van der Waals surface area contributed by atoms with Gasteiger partial charge in [-0.2, -0.15) is 0 Å². The van der Waals surface area contributed by atoms with E-state index >= 15 is 0 Å². The van der Waals surface area contributed by atoms with Crippen molar-refractivity contribution < 1.29 is 0 Å². The fourth-order valence-electron chi connectivity index (χ4n) is 3.41. The number of likely N-dealkylation sites (N-methyl/N-ethyl adjacent to an activating group) is 2. The molecular weight excluding hydrogens is 208 g/mol. The van der Waals surface area contributed by atoms with Gasteiger partial charge in [-0.3, -0.25) is 0 Å². The maximum Gasteiger partial charge on any atom is 0.0248 e. The van der Waals surface area contributed by atoms with E-state index in [2.05, 4.69) is 38.0 Å². The lowest BCUT2D eigenvalue weighted by atomic mass is 9.79. The van der Waals surface area contributed by atoms with Crippen molar-refractivity contribution >= 4 is 0 Å². The van der Waals surface area contributed by atoms with Crippen LogP contribution in [0.1, 0.15) is 59.3 Å². The van der Waals surface area contributed by atoms with E-state index in [0.717, 1.165) is 24.5 Å². The molecule has 0 aromatic heterocycles. The SMILES string of the molecule is CCCC1CCC(NCC)C(N(C)CCC)C1. The van der Waals surface area contributed by atoms with Crippen molar-refractivity contribution in [2.75, 3.05) is 20.1 Å². The molecule has 102 valence electrons. The van der Waals surface area contributed by atoms with Crippen LogP contribution in [0, 0.1) is 5.92 Å². The third kappa shape index (κ3) is 4.59. The van der Waals surface area contributed by atoms with E-state index in [9.17, 15) is 0 Å². The second-order valence-electron chi connectivity index (χ2n) is 5.68. The first-order chi connectivity index (χ1) is 8.22. The topological polar surface area (TPSA) is 15.3 Å². The fraction of sp³-hybridized carbons (Fsp3) is 1.00. The van der Waals surface area contributed by atoms with Crippen LogP contribution in [-0.4, -0.2) is 37.1 Å². The number of hydrogen-bond donors (Lipinski definition) is 1. The monoisotopic (exact) mass is 240 g/mol. The summed E-state index contributed by atoms with van der Waals surface area (Å²) in [5.74, 6) is 0.971. The van der Waals surface area contributed by atoms with Gasteiger partial charge in [-0.25, -0.2) is 0 Å². The molecular formula is C15H32N2. The number of nitrogens with zero attached hydrogens (tertiary/aromatic N) is 1. The molecule has 0 aliphatic heterocycles. The first kappa shape index (κ1) is 15.0. The van der Waals surface area contributed by atoms with Crippen molar-refractivity contribution in [2.24, 2.45) is 5.92 Å². The molecule has 0 radical (unpaired) electrons. The lowest BCUT2D eigenvalue weighted by Gasteiger charge is -2.41. The van der Waals surface area contributed by atoms with Gasteiger partial charge >= 0.3 is 0 Å². The van der Waals surface area contributed by atoms with Gasteiger partial charge in [0.05, 0.1) is 0 Å². The second-order valence-corrected chi connectivity index (χ2v) is 5.68. The Morgan fingerprint density at radius 2 is 1.88 bits per heavy atom. The molecule has 1 aliphatic rings. The maximum atomic E-state index is 3.69. The normalized spacial score (nSPS) is 29.8. The molecule has 1 aliphatic carbocycles. The molecule has 0 heterocycles. The zero-order valence-corrected chi connectivity index (χ0v) is 12.3. The zero-order chi connectivity index (χ0) is 12.7. The van der Waals surface area contributed by atoms with E-state index in [-0.39, 0.29) is 0 Å². The van der Waals surface area contributed by atoms with E-state index in [1.165, 1.54) is 45.1 Å². The Kier molecular flexibility index (Phi) is 7.14. The van der Waals surface area contributed by atoms with Crippen LogP contribution >= 0.6 is 0 Å². The minimum atomic E-state index is 0.727. The first-order valence-electron chi connectivity index (χ1n) is 7.66. The van der Waals surface area contributed by atoms with Crippen LogP contribution in [0.25, 0.3) is 0 Å². The summed E-state index contributed by atoms with van der Waals surface area (Å²) >= 11 is 0. The Morgan fingerprint density at radius 1 is 1.12 bits per heavy atom. The molecule has 2 heteroatoms. The molecule has 17 heavy (non-hydrogen) atoms. The Hall–Kier alpha value is -0.0800. The van der Waals surface area contributed by atoms with Crippen LogP contribution in [0.15, 0.2) is 0 Å².